The van der Waals surface area contributed by atoms with Gasteiger partial charge in [0.05, 0.1) is 0 Å². The van der Waals surface area contributed by atoms with E-state index in [1.165, 1.54) is 116 Å². The largest absolute Gasteiger partial charge is 0.462 e. The summed E-state index contributed by atoms with van der Waals surface area (Å²) in [6.07, 6.45) is 93.1. The standard InChI is InChI=1S/C73H120O6/c1-4-7-10-13-16-19-22-25-28-30-32-33-34-35-36-37-38-39-41-42-45-48-51-54-57-60-63-66-72(75)78-69-70(68-77-71(74)65-62-59-56-53-50-47-44-27-24-21-18-15-12-9-6-3)79-73(76)67-64-61-58-55-52-49-46-43-40-31-29-26-23-20-17-14-11-8-5-2/h7,10,16,18-19,21,25-29,32-33,35-36,38-39,42,44-45,51,54,70H,4-6,8-9,11-15,17,20,22-24,30-31,34,37,40-41,43,46-50,52-53,55-69H2,1-3H3/b10-7-,19-16-,21-18-,28-25-,29-26-,33-32-,36-35-,39-38-,44-27-,45-42-,54-51-. The second-order valence-corrected chi connectivity index (χ2v) is 21.3. The van der Waals surface area contributed by atoms with Gasteiger partial charge in [0, 0.05) is 19.3 Å². The van der Waals surface area contributed by atoms with Crippen LogP contribution in [0.5, 0.6) is 0 Å². The lowest BCUT2D eigenvalue weighted by Crippen LogP contribution is -2.30. The summed E-state index contributed by atoms with van der Waals surface area (Å²) in [5, 5.41) is 0. The Balaban J connectivity index is 4.47. The Kier molecular flexibility index (Phi) is 62.3. The van der Waals surface area contributed by atoms with E-state index in [-0.39, 0.29) is 31.1 Å². The van der Waals surface area contributed by atoms with Crippen molar-refractivity contribution in [1.82, 2.24) is 0 Å². The van der Waals surface area contributed by atoms with E-state index in [0.29, 0.717) is 25.7 Å². The van der Waals surface area contributed by atoms with E-state index in [4.69, 9.17) is 14.2 Å². The molecule has 0 fully saturated rings. The molecule has 0 N–H and O–H groups in total. The first-order valence-corrected chi connectivity index (χ1v) is 32.7. The van der Waals surface area contributed by atoms with Crippen molar-refractivity contribution in [2.45, 2.75) is 297 Å². The first kappa shape index (κ1) is 74.5. The third-order valence-electron chi connectivity index (χ3n) is 13.6. The Hall–Kier alpha value is -4.45. The second kappa shape index (κ2) is 66.1. The van der Waals surface area contributed by atoms with Crippen LogP contribution in [0.3, 0.4) is 0 Å². The van der Waals surface area contributed by atoms with Gasteiger partial charge in [-0.1, -0.05) is 264 Å². The number of ether oxygens (including phenoxy) is 3. The minimum absolute atomic E-state index is 0.103. The van der Waals surface area contributed by atoms with E-state index in [9.17, 15) is 14.4 Å². The van der Waals surface area contributed by atoms with Crippen molar-refractivity contribution in [3.05, 3.63) is 134 Å². The molecule has 0 aromatic rings. The molecule has 0 aliphatic heterocycles. The Morgan fingerprint density at radius 1 is 0.266 bits per heavy atom. The first-order chi connectivity index (χ1) is 39.0. The zero-order valence-corrected chi connectivity index (χ0v) is 51.3. The average Bonchev–Trinajstić information content (AvgIpc) is 3.45. The highest BCUT2D eigenvalue weighted by Crippen LogP contribution is 2.15. The van der Waals surface area contributed by atoms with Crippen LogP contribution in [0, 0.1) is 0 Å². The van der Waals surface area contributed by atoms with Gasteiger partial charge in [-0.25, -0.2) is 0 Å². The number of unbranched alkanes of at least 4 members (excludes halogenated alkanes) is 25. The van der Waals surface area contributed by atoms with Crippen molar-refractivity contribution in [1.29, 1.82) is 0 Å². The van der Waals surface area contributed by atoms with E-state index in [2.05, 4.69) is 154 Å². The molecule has 0 aliphatic carbocycles. The van der Waals surface area contributed by atoms with Crippen molar-refractivity contribution < 1.29 is 28.6 Å². The Morgan fingerprint density at radius 3 is 0.835 bits per heavy atom. The molecule has 0 aromatic carbocycles. The van der Waals surface area contributed by atoms with E-state index >= 15 is 0 Å². The molecular weight excluding hydrogens is 973 g/mol. The molecule has 0 spiro atoms. The van der Waals surface area contributed by atoms with Gasteiger partial charge in [0.15, 0.2) is 6.10 Å². The summed E-state index contributed by atoms with van der Waals surface area (Å²) in [4.78, 5) is 38.3. The molecule has 0 aromatic heterocycles. The van der Waals surface area contributed by atoms with Crippen LogP contribution < -0.4 is 0 Å². The first-order valence-electron chi connectivity index (χ1n) is 32.7. The normalized spacial score (nSPS) is 13.0. The van der Waals surface area contributed by atoms with Crippen molar-refractivity contribution in [2.75, 3.05) is 13.2 Å². The van der Waals surface area contributed by atoms with Gasteiger partial charge in [-0.3, -0.25) is 14.4 Å². The number of hydrogen-bond acceptors (Lipinski definition) is 6. The fourth-order valence-corrected chi connectivity index (χ4v) is 8.72. The van der Waals surface area contributed by atoms with Gasteiger partial charge in [0.2, 0.25) is 0 Å². The van der Waals surface area contributed by atoms with E-state index in [1.54, 1.807) is 0 Å². The van der Waals surface area contributed by atoms with Crippen LogP contribution in [0.2, 0.25) is 0 Å². The van der Waals surface area contributed by atoms with Gasteiger partial charge in [0.25, 0.3) is 0 Å². The molecule has 6 heteroatoms. The number of carbonyl (C=O) groups excluding carboxylic acids is 3. The van der Waals surface area contributed by atoms with Crippen molar-refractivity contribution in [2.24, 2.45) is 0 Å². The summed E-state index contributed by atoms with van der Waals surface area (Å²) >= 11 is 0. The fourth-order valence-electron chi connectivity index (χ4n) is 8.72. The smallest absolute Gasteiger partial charge is 0.306 e. The fraction of sp³-hybridized carbons (Fsp3) is 0.658. The molecule has 6 nitrogen and oxygen atoms in total. The molecule has 0 bridgehead atoms. The minimum Gasteiger partial charge on any atom is -0.462 e. The maximum Gasteiger partial charge on any atom is 0.306 e. The molecule has 0 saturated heterocycles. The molecule has 448 valence electrons. The van der Waals surface area contributed by atoms with Gasteiger partial charge in [-0.05, 0) is 141 Å². The summed E-state index contributed by atoms with van der Waals surface area (Å²) in [5.74, 6) is -0.959. The lowest BCUT2D eigenvalue weighted by atomic mass is 10.1. The van der Waals surface area contributed by atoms with Crippen LogP contribution in [-0.2, 0) is 28.6 Å². The Bertz CT molecular complexity index is 1680. The second-order valence-electron chi connectivity index (χ2n) is 21.3. The molecule has 79 heavy (non-hydrogen) atoms. The van der Waals surface area contributed by atoms with Crippen molar-refractivity contribution in [3.8, 4) is 0 Å². The molecular formula is C73H120O6. The lowest BCUT2D eigenvalue weighted by molar-refractivity contribution is -0.167. The Labute approximate surface area is 487 Å². The van der Waals surface area contributed by atoms with Gasteiger partial charge >= 0.3 is 17.9 Å². The lowest BCUT2D eigenvalue weighted by Gasteiger charge is -2.18. The van der Waals surface area contributed by atoms with Gasteiger partial charge in [0.1, 0.15) is 13.2 Å². The SMILES string of the molecule is CC/C=C\C/C=C\C/C=C\C/C=C\C/C=C\C/C=C\C/C=C\C/C=C\CCCCC(=O)OCC(COC(=O)CCCCCCC/C=C\C/C=C\CCCCC)OC(=O)CCCCCCCCCCC/C=C\CCCCCCCC. The highest BCUT2D eigenvalue weighted by molar-refractivity contribution is 5.71. The van der Waals surface area contributed by atoms with Crippen LogP contribution in [0.25, 0.3) is 0 Å². The number of esters is 3. The van der Waals surface area contributed by atoms with Gasteiger partial charge in [-0.15, -0.1) is 0 Å². The van der Waals surface area contributed by atoms with Crippen LogP contribution in [0.4, 0.5) is 0 Å². The monoisotopic (exact) mass is 1090 g/mol. The quantitative estimate of drug-likeness (QED) is 0.0261. The van der Waals surface area contributed by atoms with Crippen LogP contribution >= 0.6 is 0 Å². The molecule has 0 heterocycles. The summed E-state index contributed by atoms with van der Waals surface area (Å²) in [6.45, 7) is 6.46. The van der Waals surface area contributed by atoms with Crippen LogP contribution in [-0.4, -0.2) is 37.2 Å². The number of rotatable bonds is 58. The molecule has 0 rings (SSSR count). The topological polar surface area (TPSA) is 78.9 Å². The minimum atomic E-state index is -0.809. The summed E-state index contributed by atoms with van der Waals surface area (Å²) in [6, 6.07) is 0. The third kappa shape index (κ3) is 64.3. The maximum atomic E-state index is 12.9. The van der Waals surface area contributed by atoms with Crippen molar-refractivity contribution in [3.63, 3.8) is 0 Å². The van der Waals surface area contributed by atoms with E-state index in [0.717, 1.165) is 128 Å². The number of allylic oxidation sites excluding steroid dienone is 22. The molecule has 0 aliphatic rings. The Morgan fingerprint density at radius 2 is 0.494 bits per heavy atom. The molecule has 0 saturated carbocycles. The zero-order chi connectivity index (χ0) is 57.1. The third-order valence-corrected chi connectivity index (χ3v) is 13.6. The predicted molar refractivity (Wildman–Crippen MR) is 343 cm³/mol. The summed E-state index contributed by atoms with van der Waals surface area (Å²) < 4.78 is 16.9. The average molecular weight is 1090 g/mol. The highest BCUT2D eigenvalue weighted by Gasteiger charge is 2.19. The van der Waals surface area contributed by atoms with Crippen LogP contribution in [0.1, 0.15) is 290 Å². The number of hydrogen-bond donors (Lipinski definition) is 0. The van der Waals surface area contributed by atoms with Crippen LogP contribution in [0.15, 0.2) is 134 Å². The molecule has 1 atom stereocenters. The van der Waals surface area contributed by atoms with E-state index in [1.807, 2.05) is 0 Å². The number of carbonyl (C=O) groups is 3. The zero-order valence-electron chi connectivity index (χ0n) is 51.3. The van der Waals surface area contributed by atoms with Crippen molar-refractivity contribution >= 4 is 17.9 Å². The van der Waals surface area contributed by atoms with E-state index < -0.39 is 6.10 Å². The van der Waals surface area contributed by atoms with Gasteiger partial charge < -0.3 is 14.2 Å². The predicted octanol–water partition coefficient (Wildman–Crippen LogP) is 22.5. The highest BCUT2D eigenvalue weighted by atomic mass is 16.6. The maximum absolute atomic E-state index is 12.9. The molecule has 0 radical (unpaired) electrons. The molecule has 1 unspecified atom stereocenters. The summed E-state index contributed by atoms with van der Waals surface area (Å²) in [7, 11) is 0. The summed E-state index contributed by atoms with van der Waals surface area (Å²) in [5.41, 5.74) is 0. The van der Waals surface area contributed by atoms with Gasteiger partial charge in [-0.2, -0.15) is 0 Å². The molecule has 0 amide bonds.